The van der Waals surface area contributed by atoms with E-state index in [1.807, 2.05) is 18.2 Å². The van der Waals surface area contributed by atoms with E-state index in [2.05, 4.69) is 21.0 Å². The van der Waals surface area contributed by atoms with Crippen LogP contribution in [0.5, 0.6) is 5.75 Å². The summed E-state index contributed by atoms with van der Waals surface area (Å²) in [5, 5.41) is 8.63. The van der Waals surface area contributed by atoms with Gasteiger partial charge in [0, 0.05) is 5.02 Å². The molecule has 3 aromatic carbocycles. The molecule has 1 aliphatic rings. The van der Waals surface area contributed by atoms with Gasteiger partial charge in [-0.3, -0.25) is 19.9 Å². The number of anilines is 3. The Kier molecular flexibility index (Phi) is 6.78. The molecule has 3 N–H and O–H groups in total. The Labute approximate surface area is 226 Å². The molecule has 188 valence electrons. The van der Waals surface area contributed by atoms with Gasteiger partial charge in [-0.25, -0.2) is 10.4 Å². The number of para-hydroxylation sites is 1. The molecule has 0 spiro atoms. The third-order valence-electron chi connectivity index (χ3n) is 5.76. The standard InChI is InChI=1S/C26H21Cl2N5O3S/c1-26(14-22(28)33(32-26)16-9-7-15(27)8-10-16)24(35)29-19-6-4-3-5-18(19)23(34)31-25-30-20-12-11-17(36-2)13-21(20)37-25/h3-14,32H,1-2H3,(H,29,35)(H,30,31,34). The minimum absolute atomic E-state index is 0.291. The first-order valence-electron chi connectivity index (χ1n) is 11.1. The Morgan fingerprint density at radius 3 is 2.57 bits per heavy atom. The van der Waals surface area contributed by atoms with Crippen molar-refractivity contribution in [2.75, 3.05) is 22.8 Å². The number of hydrogen-bond acceptors (Lipinski definition) is 7. The zero-order valence-electron chi connectivity index (χ0n) is 19.7. The molecule has 2 heterocycles. The monoisotopic (exact) mass is 553 g/mol. The van der Waals surface area contributed by atoms with Crippen LogP contribution in [0, 0.1) is 0 Å². The minimum Gasteiger partial charge on any atom is -0.497 e. The van der Waals surface area contributed by atoms with Gasteiger partial charge in [-0.2, -0.15) is 0 Å². The second kappa shape index (κ2) is 10.0. The van der Waals surface area contributed by atoms with Crippen molar-refractivity contribution in [1.82, 2.24) is 10.4 Å². The lowest BCUT2D eigenvalue weighted by Crippen LogP contribution is -2.53. The van der Waals surface area contributed by atoms with E-state index in [1.165, 1.54) is 11.3 Å². The van der Waals surface area contributed by atoms with Crippen LogP contribution in [0.3, 0.4) is 0 Å². The molecule has 0 aliphatic carbocycles. The van der Waals surface area contributed by atoms with Crippen LogP contribution in [0.2, 0.25) is 5.02 Å². The van der Waals surface area contributed by atoms with Gasteiger partial charge in [0.15, 0.2) is 5.13 Å². The number of carbonyl (C=O) groups excluding carboxylic acids is 2. The molecule has 0 saturated carbocycles. The number of rotatable bonds is 6. The first-order valence-corrected chi connectivity index (χ1v) is 12.7. The lowest BCUT2D eigenvalue weighted by atomic mass is 10.0. The van der Waals surface area contributed by atoms with Gasteiger partial charge in [-0.1, -0.05) is 46.7 Å². The fourth-order valence-corrected chi connectivity index (χ4v) is 5.18. The van der Waals surface area contributed by atoms with Gasteiger partial charge in [0.1, 0.15) is 16.4 Å². The second-order valence-corrected chi connectivity index (χ2v) is 10.3. The first-order chi connectivity index (χ1) is 17.8. The summed E-state index contributed by atoms with van der Waals surface area (Å²) < 4.78 is 6.13. The number of aromatic nitrogens is 1. The number of nitrogens with one attached hydrogen (secondary N) is 3. The maximum absolute atomic E-state index is 13.3. The van der Waals surface area contributed by atoms with E-state index in [0.29, 0.717) is 32.3 Å². The number of amides is 2. The molecule has 8 nitrogen and oxygen atoms in total. The molecule has 0 radical (unpaired) electrons. The Balaban J connectivity index is 1.33. The van der Waals surface area contributed by atoms with Crippen LogP contribution in [-0.4, -0.2) is 29.4 Å². The van der Waals surface area contributed by atoms with Crippen molar-refractivity contribution < 1.29 is 14.3 Å². The zero-order chi connectivity index (χ0) is 26.2. The van der Waals surface area contributed by atoms with E-state index >= 15 is 0 Å². The molecule has 11 heteroatoms. The Morgan fingerprint density at radius 2 is 1.81 bits per heavy atom. The summed E-state index contributed by atoms with van der Waals surface area (Å²) in [7, 11) is 1.59. The molecule has 4 aromatic rings. The number of benzene rings is 3. The van der Waals surface area contributed by atoms with Crippen molar-refractivity contribution in [2.24, 2.45) is 0 Å². The molecule has 2 amide bonds. The largest absolute Gasteiger partial charge is 0.497 e. The third-order valence-corrected chi connectivity index (χ3v) is 7.22. The van der Waals surface area contributed by atoms with Gasteiger partial charge in [-0.15, -0.1) is 0 Å². The van der Waals surface area contributed by atoms with Crippen LogP contribution in [0.4, 0.5) is 16.5 Å². The molecular formula is C26H21Cl2N5O3S. The average molecular weight is 554 g/mol. The number of fused-ring (bicyclic) bond motifs is 1. The number of hydrogen-bond donors (Lipinski definition) is 3. The van der Waals surface area contributed by atoms with Crippen molar-refractivity contribution in [2.45, 2.75) is 12.5 Å². The van der Waals surface area contributed by atoms with E-state index in [0.717, 1.165) is 15.9 Å². The highest BCUT2D eigenvalue weighted by atomic mass is 35.5. The van der Waals surface area contributed by atoms with E-state index in [1.54, 1.807) is 73.6 Å². The third kappa shape index (κ3) is 5.12. The Hall–Kier alpha value is -3.63. The maximum Gasteiger partial charge on any atom is 0.259 e. The molecule has 1 atom stereocenters. The number of ether oxygens (including phenoxy) is 1. The summed E-state index contributed by atoms with van der Waals surface area (Å²) >= 11 is 13.8. The van der Waals surface area contributed by atoms with Crippen molar-refractivity contribution >= 4 is 73.1 Å². The SMILES string of the molecule is COc1ccc2nc(NC(=O)c3ccccc3NC(=O)C3(C)C=C(Cl)N(c4ccc(Cl)cc4)N3)sc2c1. The van der Waals surface area contributed by atoms with Crippen LogP contribution < -0.4 is 25.8 Å². The topological polar surface area (TPSA) is 95.6 Å². The lowest BCUT2D eigenvalue weighted by Gasteiger charge is -2.27. The summed E-state index contributed by atoms with van der Waals surface area (Å²) in [4.78, 5) is 31.0. The Morgan fingerprint density at radius 1 is 1.05 bits per heavy atom. The minimum atomic E-state index is -1.17. The highest BCUT2D eigenvalue weighted by Gasteiger charge is 2.40. The molecule has 1 aliphatic heterocycles. The van der Waals surface area contributed by atoms with Crippen LogP contribution in [0.15, 0.2) is 78.0 Å². The number of halogens is 2. The molecular weight excluding hydrogens is 533 g/mol. The summed E-state index contributed by atoms with van der Waals surface area (Å²) in [5.41, 5.74) is 4.05. The number of thiazole rings is 1. The predicted molar refractivity (Wildman–Crippen MR) is 149 cm³/mol. The quantitative estimate of drug-likeness (QED) is 0.253. The number of carbonyl (C=O) groups is 2. The zero-order valence-corrected chi connectivity index (χ0v) is 22.0. The molecule has 0 saturated heterocycles. The normalized spacial score (nSPS) is 17.0. The second-order valence-electron chi connectivity index (χ2n) is 8.40. The summed E-state index contributed by atoms with van der Waals surface area (Å²) in [6, 6.07) is 19.3. The van der Waals surface area contributed by atoms with Crippen molar-refractivity contribution in [3.05, 3.63) is 88.5 Å². The number of nitrogens with zero attached hydrogens (tertiary/aromatic N) is 2. The number of methoxy groups -OCH3 is 1. The van der Waals surface area contributed by atoms with E-state index in [9.17, 15) is 9.59 Å². The molecule has 1 unspecified atom stereocenters. The Bertz CT molecular complexity index is 1540. The smallest absolute Gasteiger partial charge is 0.259 e. The summed E-state index contributed by atoms with van der Waals surface area (Å²) in [6.45, 7) is 1.69. The molecule has 1 aromatic heterocycles. The first kappa shape index (κ1) is 25.0. The van der Waals surface area contributed by atoms with Gasteiger partial charge in [0.2, 0.25) is 5.91 Å². The van der Waals surface area contributed by atoms with Gasteiger partial charge in [0.05, 0.1) is 34.3 Å². The maximum atomic E-state index is 13.3. The highest BCUT2D eigenvalue weighted by Crippen LogP contribution is 2.32. The van der Waals surface area contributed by atoms with Crippen LogP contribution >= 0.6 is 34.5 Å². The molecule has 5 rings (SSSR count). The average Bonchev–Trinajstić information content (AvgIpc) is 3.43. The van der Waals surface area contributed by atoms with Gasteiger partial charge in [-0.05, 0) is 67.6 Å². The van der Waals surface area contributed by atoms with Crippen molar-refractivity contribution in [3.8, 4) is 5.75 Å². The predicted octanol–water partition coefficient (Wildman–Crippen LogP) is 6.01. The van der Waals surface area contributed by atoms with Gasteiger partial charge >= 0.3 is 0 Å². The van der Waals surface area contributed by atoms with Gasteiger partial charge < -0.3 is 10.1 Å². The van der Waals surface area contributed by atoms with Crippen LogP contribution in [-0.2, 0) is 4.79 Å². The van der Waals surface area contributed by atoms with E-state index < -0.39 is 17.4 Å². The number of hydrazine groups is 1. The highest BCUT2D eigenvalue weighted by molar-refractivity contribution is 7.22. The van der Waals surface area contributed by atoms with Crippen molar-refractivity contribution in [1.29, 1.82) is 0 Å². The van der Waals surface area contributed by atoms with E-state index in [-0.39, 0.29) is 0 Å². The van der Waals surface area contributed by atoms with Crippen molar-refractivity contribution in [3.63, 3.8) is 0 Å². The molecule has 37 heavy (non-hydrogen) atoms. The fraction of sp³-hybridized carbons (Fsp3) is 0.115. The molecule has 0 fully saturated rings. The van der Waals surface area contributed by atoms with Gasteiger partial charge in [0.25, 0.3) is 5.91 Å². The fourth-order valence-electron chi connectivity index (χ4n) is 3.81. The van der Waals surface area contributed by atoms with E-state index in [4.69, 9.17) is 27.9 Å². The molecule has 0 bridgehead atoms. The lowest BCUT2D eigenvalue weighted by molar-refractivity contribution is -0.120. The van der Waals surface area contributed by atoms with Crippen LogP contribution in [0.25, 0.3) is 10.2 Å². The van der Waals surface area contributed by atoms with Crippen LogP contribution in [0.1, 0.15) is 17.3 Å². The summed E-state index contributed by atoms with van der Waals surface area (Å²) in [5.74, 6) is -0.0860. The summed E-state index contributed by atoms with van der Waals surface area (Å²) in [6.07, 6.45) is 1.61.